The van der Waals surface area contributed by atoms with Crippen LogP contribution in [0.3, 0.4) is 0 Å². The summed E-state index contributed by atoms with van der Waals surface area (Å²) < 4.78 is 11.1. The highest BCUT2D eigenvalue weighted by atomic mass is 79.9. The number of rotatable bonds is 7. The molecule has 3 aromatic rings. The molecule has 0 bridgehead atoms. The predicted octanol–water partition coefficient (Wildman–Crippen LogP) is 4.67. The van der Waals surface area contributed by atoms with E-state index in [0.717, 1.165) is 0 Å². The molecule has 1 saturated heterocycles. The van der Waals surface area contributed by atoms with E-state index in [4.69, 9.17) is 26.8 Å². The van der Waals surface area contributed by atoms with Crippen molar-refractivity contribution in [3.63, 3.8) is 0 Å². The monoisotopic (exact) mass is 566 g/mol. The van der Waals surface area contributed by atoms with Crippen molar-refractivity contribution in [2.45, 2.75) is 0 Å². The molecule has 1 aliphatic heterocycles. The zero-order valence-electron chi connectivity index (χ0n) is 18.9. The molecule has 3 aromatic carbocycles. The number of thiocarbonyl (C=S) groups is 1. The van der Waals surface area contributed by atoms with E-state index < -0.39 is 24.4 Å². The highest BCUT2D eigenvalue weighted by molar-refractivity contribution is 9.10. The van der Waals surface area contributed by atoms with Crippen LogP contribution >= 0.6 is 28.1 Å². The van der Waals surface area contributed by atoms with Crippen LogP contribution in [0.5, 0.6) is 11.5 Å². The molecule has 0 aliphatic carbocycles. The summed E-state index contributed by atoms with van der Waals surface area (Å²) in [5.74, 6) is -1.90. The van der Waals surface area contributed by atoms with Gasteiger partial charge >= 0.3 is 5.97 Å². The summed E-state index contributed by atoms with van der Waals surface area (Å²) >= 11 is 8.95. The number of para-hydroxylation sites is 2. The van der Waals surface area contributed by atoms with Crippen LogP contribution in [0, 0.1) is 0 Å². The van der Waals surface area contributed by atoms with Gasteiger partial charge in [0.25, 0.3) is 11.8 Å². The van der Waals surface area contributed by atoms with Crippen molar-refractivity contribution in [3.8, 4) is 11.5 Å². The standard InChI is InChI=1S/C26H19BrN2O6S/c1-34-21-14-16(13-20(27)23(21)35-15-22(30)31)12-19-24(32)28(17-8-4-2-5-9-17)26(36)29(25(19)33)18-10-6-3-7-11-18/h2-14H,15H2,1H3,(H,30,31). The van der Waals surface area contributed by atoms with Crippen LogP contribution in [0.2, 0.25) is 0 Å². The van der Waals surface area contributed by atoms with Crippen LogP contribution in [0.15, 0.2) is 82.8 Å². The highest BCUT2D eigenvalue weighted by Crippen LogP contribution is 2.38. The summed E-state index contributed by atoms with van der Waals surface area (Å²) in [6, 6.07) is 20.8. The molecule has 1 N–H and O–H groups in total. The average Bonchev–Trinajstić information content (AvgIpc) is 2.87. The fraction of sp³-hybridized carbons (Fsp3) is 0.0769. The molecule has 4 rings (SSSR count). The van der Waals surface area contributed by atoms with Crippen molar-refractivity contribution in [2.75, 3.05) is 23.5 Å². The van der Waals surface area contributed by atoms with Crippen molar-refractivity contribution in [3.05, 3.63) is 88.4 Å². The Balaban J connectivity index is 1.83. The molecule has 0 saturated carbocycles. The van der Waals surface area contributed by atoms with Crippen molar-refractivity contribution in [1.29, 1.82) is 0 Å². The fourth-order valence-corrected chi connectivity index (χ4v) is 4.55. The maximum atomic E-state index is 13.6. The number of amides is 2. The number of methoxy groups -OCH3 is 1. The van der Waals surface area contributed by atoms with Crippen molar-refractivity contribution in [1.82, 2.24) is 0 Å². The number of hydrogen-bond acceptors (Lipinski definition) is 6. The lowest BCUT2D eigenvalue weighted by Gasteiger charge is -2.36. The minimum atomic E-state index is -1.15. The van der Waals surface area contributed by atoms with Gasteiger partial charge in [-0.05, 0) is 76.2 Å². The lowest BCUT2D eigenvalue weighted by atomic mass is 10.0. The predicted molar refractivity (Wildman–Crippen MR) is 142 cm³/mol. The van der Waals surface area contributed by atoms with Crippen LogP contribution in [-0.4, -0.2) is 41.7 Å². The first-order chi connectivity index (χ1) is 17.3. The summed E-state index contributed by atoms with van der Waals surface area (Å²) in [6.07, 6.45) is 1.44. The Kier molecular flexibility index (Phi) is 7.47. The summed E-state index contributed by atoms with van der Waals surface area (Å²) in [7, 11) is 1.40. The van der Waals surface area contributed by atoms with Crippen LogP contribution in [0.1, 0.15) is 5.56 Å². The summed E-state index contributed by atoms with van der Waals surface area (Å²) in [4.78, 5) is 40.7. The van der Waals surface area contributed by atoms with Crippen LogP contribution in [0.4, 0.5) is 11.4 Å². The van der Waals surface area contributed by atoms with Gasteiger partial charge in [-0.15, -0.1) is 0 Å². The third-order valence-corrected chi connectivity index (χ3v) is 6.14. The van der Waals surface area contributed by atoms with Gasteiger partial charge in [0.2, 0.25) is 0 Å². The fourth-order valence-electron chi connectivity index (χ4n) is 3.60. The Morgan fingerprint density at radius 1 is 0.972 bits per heavy atom. The first kappa shape index (κ1) is 25.1. The Morgan fingerprint density at radius 3 is 1.97 bits per heavy atom. The average molecular weight is 567 g/mol. The smallest absolute Gasteiger partial charge is 0.341 e. The molecule has 36 heavy (non-hydrogen) atoms. The van der Waals surface area contributed by atoms with Crippen molar-refractivity contribution >= 4 is 68.5 Å². The van der Waals surface area contributed by atoms with E-state index in [9.17, 15) is 14.4 Å². The first-order valence-corrected chi connectivity index (χ1v) is 11.8. The van der Waals surface area contributed by atoms with Gasteiger partial charge in [0.05, 0.1) is 23.0 Å². The van der Waals surface area contributed by atoms with E-state index in [1.807, 2.05) is 12.1 Å². The number of nitrogens with zero attached hydrogens (tertiary/aromatic N) is 2. The van der Waals surface area contributed by atoms with Gasteiger partial charge in [-0.1, -0.05) is 36.4 Å². The number of aliphatic carboxylic acids is 1. The largest absolute Gasteiger partial charge is 0.493 e. The SMILES string of the molecule is COc1cc(C=C2C(=O)N(c3ccccc3)C(=S)N(c3ccccc3)C2=O)cc(Br)c1OCC(=O)O. The third kappa shape index (κ3) is 5.00. The van der Waals surface area contributed by atoms with Gasteiger partial charge in [-0.3, -0.25) is 19.4 Å². The lowest BCUT2D eigenvalue weighted by molar-refractivity contribution is -0.139. The van der Waals surface area contributed by atoms with Crippen LogP contribution in [0.25, 0.3) is 6.08 Å². The number of carboxylic acid groups (broad SMARTS) is 1. The Bertz CT molecular complexity index is 1310. The van der Waals surface area contributed by atoms with E-state index in [1.165, 1.54) is 23.0 Å². The van der Waals surface area contributed by atoms with Crippen molar-refractivity contribution in [2.24, 2.45) is 0 Å². The summed E-state index contributed by atoms with van der Waals surface area (Å²) in [6.45, 7) is -0.568. The number of hydrogen-bond donors (Lipinski definition) is 1. The molecule has 0 atom stereocenters. The van der Waals surface area contributed by atoms with E-state index in [-0.39, 0.29) is 22.2 Å². The molecule has 1 heterocycles. The first-order valence-electron chi connectivity index (χ1n) is 10.6. The Hall–Kier alpha value is -4.02. The second-order valence-electron chi connectivity index (χ2n) is 7.51. The normalized spacial score (nSPS) is 13.6. The van der Waals surface area contributed by atoms with E-state index >= 15 is 0 Å². The van der Waals surface area contributed by atoms with Crippen LogP contribution < -0.4 is 19.3 Å². The minimum Gasteiger partial charge on any atom is -0.493 e. The topological polar surface area (TPSA) is 96.4 Å². The number of ether oxygens (including phenoxy) is 2. The van der Waals surface area contributed by atoms with Gasteiger partial charge < -0.3 is 14.6 Å². The number of carbonyl (C=O) groups excluding carboxylic acids is 2. The molecule has 1 aliphatic rings. The molecule has 0 unspecified atom stereocenters. The molecule has 1 fully saturated rings. The van der Waals surface area contributed by atoms with Gasteiger partial charge in [-0.2, -0.15) is 0 Å². The number of carbonyl (C=O) groups is 3. The molecule has 0 spiro atoms. The second kappa shape index (κ2) is 10.7. The summed E-state index contributed by atoms with van der Waals surface area (Å²) in [5.41, 5.74) is 1.36. The highest BCUT2D eigenvalue weighted by Gasteiger charge is 2.41. The summed E-state index contributed by atoms with van der Waals surface area (Å²) in [5, 5.41) is 8.97. The van der Waals surface area contributed by atoms with Gasteiger partial charge in [0, 0.05) is 0 Å². The molecule has 8 nitrogen and oxygen atoms in total. The maximum absolute atomic E-state index is 13.6. The van der Waals surface area contributed by atoms with Gasteiger partial charge in [0.1, 0.15) is 5.57 Å². The Morgan fingerprint density at radius 2 is 1.50 bits per heavy atom. The van der Waals surface area contributed by atoms with E-state index in [2.05, 4.69) is 15.9 Å². The number of benzene rings is 3. The molecular formula is C26H19BrN2O6S. The zero-order chi connectivity index (χ0) is 25.8. The number of anilines is 2. The van der Waals surface area contributed by atoms with Gasteiger partial charge in [0.15, 0.2) is 23.2 Å². The number of carboxylic acids is 1. The maximum Gasteiger partial charge on any atom is 0.341 e. The molecular weight excluding hydrogens is 548 g/mol. The van der Waals surface area contributed by atoms with Crippen LogP contribution in [-0.2, 0) is 14.4 Å². The lowest BCUT2D eigenvalue weighted by Crippen LogP contribution is -2.56. The van der Waals surface area contributed by atoms with Gasteiger partial charge in [-0.25, -0.2) is 4.79 Å². The zero-order valence-corrected chi connectivity index (χ0v) is 21.3. The third-order valence-electron chi connectivity index (χ3n) is 5.18. The number of halogens is 1. The molecule has 10 heteroatoms. The van der Waals surface area contributed by atoms with E-state index in [0.29, 0.717) is 21.4 Å². The Labute approximate surface area is 220 Å². The minimum absolute atomic E-state index is 0.0377. The molecule has 2 amide bonds. The van der Waals surface area contributed by atoms with E-state index in [1.54, 1.807) is 60.7 Å². The van der Waals surface area contributed by atoms with Crippen molar-refractivity contribution < 1.29 is 29.0 Å². The quantitative estimate of drug-likeness (QED) is 0.252. The second-order valence-corrected chi connectivity index (χ2v) is 8.73. The molecule has 0 aromatic heterocycles. The molecule has 0 radical (unpaired) electrons. The molecule has 182 valence electrons.